The molecule has 22 heavy (non-hydrogen) atoms. The summed E-state index contributed by atoms with van der Waals surface area (Å²) in [5.74, 6) is 1.74. The number of Topliss-reactive ketones (excluding diaryl/α,β-unsaturated/α-hetero) is 1. The molecule has 1 aromatic rings. The third-order valence-corrected chi connectivity index (χ3v) is 5.30. The number of benzene rings is 1. The van der Waals surface area contributed by atoms with Crippen molar-refractivity contribution >= 4 is 5.78 Å². The molecule has 0 heterocycles. The highest BCUT2D eigenvalue weighted by Gasteiger charge is 2.31. The first-order valence-corrected chi connectivity index (χ1v) is 9.31. The van der Waals surface area contributed by atoms with E-state index in [2.05, 4.69) is 38.1 Å². The zero-order valence-corrected chi connectivity index (χ0v) is 14.4. The Bertz CT molecular complexity index is 432. The van der Waals surface area contributed by atoms with Crippen LogP contribution in [0.2, 0.25) is 0 Å². The zero-order valence-electron chi connectivity index (χ0n) is 14.4. The van der Waals surface area contributed by atoms with E-state index in [4.69, 9.17) is 0 Å². The maximum Gasteiger partial charge on any atom is 0.143 e. The Morgan fingerprint density at radius 1 is 1.09 bits per heavy atom. The summed E-state index contributed by atoms with van der Waals surface area (Å²) < 4.78 is 0. The fourth-order valence-corrected chi connectivity index (χ4v) is 3.47. The monoisotopic (exact) mass is 300 g/mol. The molecule has 0 radical (unpaired) electrons. The van der Waals surface area contributed by atoms with Gasteiger partial charge < -0.3 is 0 Å². The molecule has 1 heteroatoms. The van der Waals surface area contributed by atoms with Crippen LogP contribution in [-0.2, 0) is 4.79 Å². The average Bonchev–Trinajstić information content (AvgIpc) is 2.47. The Morgan fingerprint density at radius 3 is 2.41 bits per heavy atom. The van der Waals surface area contributed by atoms with Crippen LogP contribution in [0.4, 0.5) is 0 Å². The molecule has 1 aliphatic rings. The second kappa shape index (κ2) is 9.12. The SMILES string of the molecule is CCCCCC(C)CCC(C(=O)C1CCC1)c1ccccc1. The van der Waals surface area contributed by atoms with Gasteiger partial charge in [-0.05, 0) is 37.2 Å². The van der Waals surface area contributed by atoms with Gasteiger partial charge >= 0.3 is 0 Å². The number of hydrogen-bond donors (Lipinski definition) is 0. The zero-order chi connectivity index (χ0) is 15.8. The lowest BCUT2D eigenvalue weighted by molar-refractivity contribution is -0.127. The summed E-state index contributed by atoms with van der Waals surface area (Å²) in [5.41, 5.74) is 1.24. The number of carbonyl (C=O) groups excluding carboxylic acids is 1. The van der Waals surface area contributed by atoms with Gasteiger partial charge in [0.25, 0.3) is 0 Å². The van der Waals surface area contributed by atoms with Crippen molar-refractivity contribution in [1.29, 1.82) is 0 Å². The van der Waals surface area contributed by atoms with Gasteiger partial charge in [-0.15, -0.1) is 0 Å². The first-order chi connectivity index (χ1) is 10.7. The van der Waals surface area contributed by atoms with Crippen molar-refractivity contribution in [3.63, 3.8) is 0 Å². The summed E-state index contributed by atoms with van der Waals surface area (Å²) >= 11 is 0. The second-order valence-corrected chi connectivity index (χ2v) is 7.17. The Labute approximate surface area is 136 Å². The third-order valence-electron chi connectivity index (χ3n) is 5.30. The van der Waals surface area contributed by atoms with Crippen molar-refractivity contribution in [2.75, 3.05) is 0 Å². The second-order valence-electron chi connectivity index (χ2n) is 7.17. The van der Waals surface area contributed by atoms with Crippen LogP contribution >= 0.6 is 0 Å². The summed E-state index contributed by atoms with van der Waals surface area (Å²) in [6.45, 7) is 4.61. The standard InChI is InChI=1S/C21H32O/c1-3-4-6-10-17(2)15-16-20(18-11-7-5-8-12-18)21(22)19-13-9-14-19/h5,7-8,11-12,17,19-20H,3-4,6,9-10,13-16H2,1-2H3. The minimum absolute atomic E-state index is 0.139. The molecule has 1 fully saturated rings. The van der Waals surface area contributed by atoms with Gasteiger partial charge in [0.2, 0.25) is 0 Å². The molecule has 2 rings (SSSR count). The van der Waals surface area contributed by atoms with Crippen molar-refractivity contribution in [3.8, 4) is 0 Å². The van der Waals surface area contributed by atoms with Crippen LogP contribution in [0.3, 0.4) is 0 Å². The number of carbonyl (C=O) groups is 1. The highest BCUT2D eigenvalue weighted by atomic mass is 16.1. The van der Waals surface area contributed by atoms with E-state index in [1.807, 2.05) is 6.07 Å². The Kier molecular flexibility index (Phi) is 7.15. The lowest BCUT2D eigenvalue weighted by Crippen LogP contribution is -2.27. The van der Waals surface area contributed by atoms with Gasteiger partial charge in [-0.3, -0.25) is 4.79 Å². The quantitative estimate of drug-likeness (QED) is 0.475. The van der Waals surface area contributed by atoms with Crippen molar-refractivity contribution < 1.29 is 4.79 Å². The molecule has 1 aliphatic carbocycles. The number of hydrogen-bond acceptors (Lipinski definition) is 1. The van der Waals surface area contributed by atoms with Gasteiger partial charge in [0.1, 0.15) is 5.78 Å². The fourth-order valence-electron chi connectivity index (χ4n) is 3.47. The van der Waals surface area contributed by atoms with Gasteiger partial charge in [-0.25, -0.2) is 0 Å². The van der Waals surface area contributed by atoms with E-state index in [1.165, 1.54) is 44.1 Å². The van der Waals surface area contributed by atoms with Crippen molar-refractivity contribution in [2.24, 2.45) is 11.8 Å². The van der Waals surface area contributed by atoms with Crippen molar-refractivity contribution in [2.45, 2.75) is 77.6 Å². The molecule has 122 valence electrons. The highest BCUT2D eigenvalue weighted by molar-refractivity contribution is 5.88. The van der Waals surface area contributed by atoms with E-state index in [-0.39, 0.29) is 5.92 Å². The first kappa shape index (κ1) is 17.2. The Hall–Kier alpha value is -1.11. The summed E-state index contributed by atoms with van der Waals surface area (Å²) in [5, 5.41) is 0. The fraction of sp³-hybridized carbons (Fsp3) is 0.667. The first-order valence-electron chi connectivity index (χ1n) is 9.31. The predicted molar refractivity (Wildman–Crippen MR) is 94.1 cm³/mol. The average molecular weight is 300 g/mol. The molecule has 0 N–H and O–H groups in total. The molecule has 0 aliphatic heterocycles. The van der Waals surface area contributed by atoms with Gasteiger partial charge in [0.15, 0.2) is 0 Å². The van der Waals surface area contributed by atoms with Crippen molar-refractivity contribution in [1.82, 2.24) is 0 Å². The molecule has 0 aromatic heterocycles. The molecule has 2 atom stereocenters. The van der Waals surface area contributed by atoms with Gasteiger partial charge in [0.05, 0.1) is 0 Å². The summed E-state index contributed by atoms with van der Waals surface area (Å²) in [6.07, 6.45) is 11.0. The van der Waals surface area contributed by atoms with E-state index in [1.54, 1.807) is 0 Å². The largest absolute Gasteiger partial charge is 0.299 e. The third kappa shape index (κ3) is 4.97. The molecule has 0 amide bonds. The van der Waals surface area contributed by atoms with E-state index in [9.17, 15) is 4.79 Å². The van der Waals surface area contributed by atoms with Gasteiger partial charge in [0, 0.05) is 11.8 Å². The minimum atomic E-state index is 0.139. The molecular weight excluding hydrogens is 268 g/mol. The topological polar surface area (TPSA) is 17.1 Å². The van der Waals surface area contributed by atoms with Gasteiger partial charge in [-0.2, -0.15) is 0 Å². The lowest BCUT2D eigenvalue weighted by atomic mass is 9.74. The molecular formula is C21H32O. The van der Waals surface area contributed by atoms with E-state index in [0.29, 0.717) is 11.7 Å². The van der Waals surface area contributed by atoms with E-state index >= 15 is 0 Å². The summed E-state index contributed by atoms with van der Waals surface area (Å²) in [7, 11) is 0. The van der Waals surface area contributed by atoms with Crippen LogP contribution in [0.5, 0.6) is 0 Å². The summed E-state index contributed by atoms with van der Waals surface area (Å²) in [4.78, 5) is 12.8. The Morgan fingerprint density at radius 2 is 1.82 bits per heavy atom. The normalized spacial score (nSPS) is 17.7. The molecule has 0 bridgehead atoms. The van der Waals surface area contributed by atoms with Crippen LogP contribution < -0.4 is 0 Å². The molecule has 2 unspecified atom stereocenters. The van der Waals surface area contributed by atoms with Gasteiger partial charge in [-0.1, -0.05) is 76.3 Å². The minimum Gasteiger partial charge on any atom is -0.299 e. The molecule has 0 spiro atoms. The molecule has 0 saturated heterocycles. The van der Waals surface area contributed by atoms with Crippen LogP contribution in [0.1, 0.15) is 83.1 Å². The Balaban J connectivity index is 1.91. The number of unbranched alkanes of at least 4 members (excludes halogenated alkanes) is 2. The van der Waals surface area contributed by atoms with E-state index in [0.717, 1.165) is 25.2 Å². The highest BCUT2D eigenvalue weighted by Crippen LogP contribution is 2.35. The molecule has 1 saturated carbocycles. The number of rotatable bonds is 10. The lowest BCUT2D eigenvalue weighted by Gasteiger charge is -2.29. The smallest absolute Gasteiger partial charge is 0.143 e. The maximum absolute atomic E-state index is 12.8. The maximum atomic E-state index is 12.8. The summed E-state index contributed by atoms with van der Waals surface area (Å²) in [6, 6.07) is 10.5. The van der Waals surface area contributed by atoms with Crippen molar-refractivity contribution in [3.05, 3.63) is 35.9 Å². The van der Waals surface area contributed by atoms with Crippen LogP contribution in [0.25, 0.3) is 0 Å². The van der Waals surface area contributed by atoms with Crippen LogP contribution in [-0.4, -0.2) is 5.78 Å². The van der Waals surface area contributed by atoms with Crippen LogP contribution in [0.15, 0.2) is 30.3 Å². The number of ketones is 1. The molecule has 1 aromatic carbocycles. The van der Waals surface area contributed by atoms with Crippen LogP contribution in [0, 0.1) is 11.8 Å². The molecule has 1 nitrogen and oxygen atoms in total. The van der Waals surface area contributed by atoms with E-state index < -0.39 is 0 Å². The predicted octanol–water partition coefficient (Wildman–Crippen LogP) is 6.14.